The molecule has 0 aliphatic rings. The van der Waals surface area contributed by atoms with Crippen LogP contribution in [0.2, 0.25) is 0 Å². The van der Waals surface area contributed by atoms with E-state index in [0.717, 1.165) is 6.08 Å². The van der Waals surface area contributed by atoms with Crippen LogP contribution in [0, 0.1) is 0 Å². The molecule has 0 radical (unpaired) electrons. The molecule has 6 heteroatoms. The van der Waals surface area contributed by atoms with Crippen molar-refractivity contribution in [2.45, 2.75) is 0 Å². The van der Waals surface area contributed by atoms with Crippen LogP contribution in [-0.4, -0.2) is 27.0 Å². The van der Waals surface area contributed by atoms with Crippen LogP contribution in [0.3, 0.4) is 0 Å². The monoisotopic (exact) mass is 269 g/mol. The van der Waals surface area contributed by atoms with E-state index < -0.39 is 5.97 Å². The molecule has 100 valence electrons. The Kier molecular flexibility index (Phi) is 4.18. The largest absolute Gasteiger partial charge is 0.478 e. The molecule has 0 aliphatic carbocycles. The third-order valence-corrected chi connectivity index (χ3v) is 2.41. The number of hydrogen-bond acceptors (Lipinski definition) is 4. The van der Waals surface area contributed by atoms with Gasteiger partial charge in [-0.15, -0.1) is 0 Å². The molecule has 0 spiro atoms. The Balaban J connectivity index is 2.06. The highest BCUT2D eigenvalue weighted by atomic mass is 16.4. The summed E-state index contributed by atoms with van der Waals surface area (Å²) in [7, 11) is 0. The average molecular weight is 269 g/mol. The molecule has 6 nitrogen and oxygen atoms in total. The lowest BCUT2D eigenvalue weighted by atomic mass is 10.1. The number of hydrogen-bond donors (Lipinski definition) is 2. The molecule has 0 bridgehead atoms. The second-order valence-electron chi connectivity index (χ2n) is 3.87. The molecule has 2 N–H and O–H groups in total. The summed E-state index contributed by atoms with van der Waals surface area (Å²) in [5.41, 5.74) is 1.67. The van der Waals surface area contributed by atoms with Gasteiger partial charge in [0, 0.05) is 11.6 Å². The molecule has 0 unspecified atom stereocenters. The van der Waals surface area contributed by atoms with Crippen molar-refractivity contribution in [2.24, 2.45) is 0 Å². The van der Waals surface area contributed by atoms with Gasteiger partial charge in [0.1, 0.15) is 6.33 Å². The zero-order chi connectivity index (χ0) is 14.4. The quantitative estimate of drug-likeness (QED) is 0.826. The maximum Gasteiger partial charge on any atom is 0.328 e. The minimum atomic E-state index is -1.02. The number of amides is 1. The lowest BCUT2D eigenvalue weighted by Gasteiger charge is -2.04. The molecule has 0 aliphatic heterocycles. The van der Waals surface area contributed by atoms with Crippen molar-refractivity contribution in [3.8, 4) is 0 Å². The number of carboxylic acids is 1. The zero-order valence-electron chi connectivity index (χ0n) is 10.4. The minimum absolute atomic E-state index is 0.284. The molecule has 20 heavy (non-hydrogen) atoms. The molecule has 0 atom stereocenters. The zero-order valence-corrected chi connectivity index (χ0v) is 10.4. The Morgan fingerprint density at radius 1 is 1.10 bits per heavy atom. The number of rotatable bonds is 4. The number of anilines is 1. The van der Waals surface area contributed by atoms with Gasteiger partial charge < -0.3 is 10.4 Å². The van der Waals surface area contributed by atoms with Crippen LogP contribution in [0.5, 0.6) is 0 Å². The van der Waals surface area contributed by atoms with Crippen LogP contribution in [-0.2, 0) is 4.79 Å². The highest BCUT2D eigenvalue weighted by Gasteiger charge is 2.05. The van der Waals surface area contributed by atoms with Gasteiger partial charge in [-0.3, -0.25) is 4.79 Å². The van der Waals surface area contributed by atoms with Gasteiger partial charge in [0.2, 0.25) is 0 Å². The summed E-state index contributed by atoms with van der Waals surface area (Å²) in [5.74, 6) is -1.30. The molecule has 1 amide bonds. The number of benzene rings is 1. The van der Waals surface area contributed by atoms with E-state index in [4.69, 9.17) is 5.11 Å². The second kappa shape index (κ2) is 6.24. The van der Waals surface area contributed by atoms with Crippen molar-refractivity contribution in [1.82, 2.24) is 9.97 Å². The summed E-state index contributed by atoms with van der Waals surface area (Å²) in [6.45, 7) is 0. The van der Waals surface area contributed by atoms with Crippen molar-refractivity contribution in [3.05, 3.63) is 60.2 Å². The van der Waals surface area contributed by atoms with Crippen LogP contribution < -0.4 is 5.32 Å². The van der Waals surface area contributed by atoms with E-state index in [1.54, 1.807) is 24.3 Å². The predicted octanol–water partition coefficient (Wildman–Crippen LogP) is 1.83. The van der Waals surface area contributed by atoms with Crippen LogP contribution in [0.25, 0.3) is 6.08 Å². The van der Waals surface area contributed by atoms with E-state index in [-0.39, 0.29) is 5.91 Å². The number of carbonyl (C=O) groups excluding carboxylic acids is 1. The summed E-state index contributed by atoms with van der Waals surface area (Å²) in [4.78, 5) is 29.9. The van der Waals surface area contributed by atoms with Crippen LogP contribution in [0.1, 0.15) is 15.9 Å². The smallest absolute Gasteiger partial charge is 0.328 e. The van der Waals surface area contributed by atoms with Gasteiger partial charge >= 0.3 is 5.97 Å². The molecule has 1 aromatic carbocycles. The number of aliphatic carboxylic acids is 1. The number of carbonyl (C=O) groups is 2. The first-order chi connectivity index (χ1) is 9.65. The summed E-state index contributed by atoms with van der Waals surface area (Å²) < 4.78 is 0. The van der Waals surface area contributed by atoms with E-state index >= 15 is 0 Å². The van der Waals surface area contributed by atoms with Crippen LogP contribution in [0.15, 0.2) is 49.1 Å². The van der Waals surface area contributed by atoms with Gasteiger partial charge in [-0.25, -0.2) is 14.8 Å². The van der Waals surface area contributed by atoms with E-state index in [2.05, 4.69) is 15.3 Å². The molecular formula is C14H11N3O3. The average Bonchev–Trinajstić information content (AvgIpc) is 2.46. The lowest BCUT2D eigenvalue weighted by molar-refractivity contribution is -0.131. The molecule has 0 fully saturated rings. The van der Waals surface area contributed by atoms with Crippen molar-refractivity contribution >= 4 is 23.6 Å². The number of aromatic nitrogens is 2. The summed E-state index contributed by atoms with van der Waals surface area (Å²) in [6, 6.07) is 6.55. The van der Waals surface area contributed by atoms with Gasteiger partial charge in [-0.05, 0) is 23.8 Å². The maximum atomic E-state index is 11.9. The van der Waals surface area contributed by atoms with Crippen molar-refractivity contribution in [2.75, 3.05) is 5.32 Å². The standard InChI is InChI=1S/C14H11N3O3/c18-13(19)6-3-10-1-4-11(5-2-10)14(20)17-12-7-15-9-16-8-12/h1-9H,(H,17,20)(H,18,19)/b6-3+. The molecule has 0 saturated carbocycles. The molecule has 1 heterocycles. The molecule has 2 aromatic rings. The van der Waals surface area contributed by atoms with Gasteiger partial charge in [-0.1, -0.05) is 12.1 Å². The SMILES string of the molecule is O=C(O)/C=C/c1ccc(C(=O)Nc2cncnc2)cc1. The van der Waals surface area contributed by atoms with Crippen molar-refractivity contribution in [3.63, 3.8) is 0 Å². The first-order valence-corrected chi connectivity index (χ1v) is 5.72. The second-order valence-corrected chi connectivity index (χ2v) is 3.87. The topological polar surface area (TPSA) is 92.2 Å². The van der Waals surface area contributed by atoms with Crippen LogP contribution in [0.4, 0.5) is 5.69 Å². The number of carboxylic acid groups (broad SMARTS) is 1. The van der Waals surface area contributed by atoms with Gasteiger partial charge in [0.15, 0.2) is 0 Å². The van der Waals surface area contributed by atoms with E-state index in [1.807, 2.05) is 0 Å². The fourth-order valence-corrected chi connectivity index (χ4v) is 1.48. The molecular weight excluding hydrogens is 258 g/mol. The molecule has 2 rings (SSSR count). The first kappa shape index (κ1) is 13.4. The number of nitrogens with one attached hydrogen (secondary N) is 1. The van der Waals surface area contributed by atoms with E-state index in [1.165, 1.54) is 24.8 Å². The highest BCUT2D eigenvalue weighted by molar-refractivity contribution is 6.04. The van der Waals surface area contributed by atoms with Crippen molar-refractivity contribution in [1.29, 1.82) is 0 Å². The number of nitrogens with zero attached hydrogens (tertiary/aromatic N) is 2. The van der Waals surface area contributed by atoms with Gasteiger partial charge in [0.05, 0.1) is 18.1 Å². The Morgan fingerprint density at radius 3 is 2.35 bits per heavy atom. The third-order valence-electron chi connectivity index (χ3n) is 2.41. The van der Waals surface area contributed by atoms with Crippen molar-refractivity contribution < 1.29 is 14.7 Å². The van der Waals surface area contributed by atoms with Gasteiger partial charge in [-0.2, -0.15) is 0 Å². The fraction of sp³-hybridized carbons (Fsp3) is 0. The normalized spacial score (nSPS) is 10.4. The Morgan fingerprint density at radius 2 is 1.75 bits per heavy atom. The van der Waals surface area contributed by atoms with Gasteiger partial charge in [0.25, 0.3) is 5.91 Å². The fourth-order valence-electron chi connectivity index (χ4n) is 1.48. The van der Waals surface area contributed by atoms with E-state index in [0.29, 0.717) is 16.8 Å². The molecule has 1 aromatic heterocycles. The van der Waals surface area contributed by atoms with Crippen LogP contribution >= 0.6 is 0 Å². The lowest BCUT2D eigenvalue weighted by Crippen LogP contribution is -2.12. The Bertz CT molecular complexity index is 636. The minimum Gasteiger partial charge on any atom is -0.478 e. The summed E-state index contributed by atoms with van der Waals surface area (Å²) in [5, 5.41) is 11.2. The predicted molar refractivity (Wildman–Crippen MR) is 73.1 cm³/mol. The Hall–Kier alpha value is -3.02. The summed E-state index contributed by atoms with van der Waals surface area (Å²) >= 11 is 0. The molecule has 0 saturated heterocycles. The summed E-state index contributed by atoms with van der Waals surface area (Å²) in [6.07, 6.45) is 6.86. The first-order valence-electron chi connectivity index (χ1n) is 5.72. The third kappa shape index (κ3) is 3.74. The maximum absolute atomic E-state index is 11.9. The van der Waals surface area contributed by atoms with E-state index in [9.17, 15) is 9.59 Å². The highest BCUT2D eigenvalue weighted by Crippen LogP contribution is 2.09. The Labute approximate surface area is 114 Å².